The Morgan fingerprint density at radius 2 is 2.04 bits per heavy atom. The van der Waals surface area contributed by atoms with Crippen molar-refractivity contribution in [2.75, 3.05) is 5.32 Å². The second kappa shape index (κ2) is 6.87. The predicted octanol–water partition coefficient (Wildman–Crippen LogP) is 2.94. The monoisotopic (exact) mass is 319 g/mol. The maximum Gasteiger partial charge on any atom is 0.320 e. The highest BCUT2D eigenvalue weighted by atomic mass is 19.1. The van der Waals surface area contributed by atoms with Crippen LogP contribution in [0.25, 0.3) is 0 Å². The largest absolute Gasteiger partial charge is 0.334 e. The molecule has 0 saturated heterocycles. The molecule has 1 heterocycles. The molecule has 8 heteroatoms. The first-order valence-electron chi connectivity index (χ1n) is 6.88. The second-order valence-corrected chi connectivity index (χ2v) is 5.13. The molecule has 0 atom stereocenters. The summed E-state index contributed by atoms with van der Waals surface area (Å²) in [6.45, 7) is 3.81. The normalized spacial score (nSPS) is 10.4. The van der Waals surface area contributed by atoms with Gasteiger partial charge in [0, 0.05) is 24.8 Å². The molecular weight excluding hydrogens is 304 g/mol. The van der Waals surface area contributed by atoms with E-state index in [1.807, 2.05) is 13.8 Å². The molecule has 1 aromatic heterocycles. The SMILES string of the molecule is CC(C)n1ccc(NC(=O)NCc2cc(F)c(C#N)c(F)c2)n1. The molecule has 2 aromatic rings. The third-order valence-electron chi connectivity index (χ3n) is 3.05. The minimum absolute atomic E-state index is 0.0870. The number of halogens is 2. The van der Waals surface area contributed by atoms with Gasteiger partial charge in [0.2, 0.25) is 0 Å². The Morgan fingerprint density at radius 3 is 2.57 bits per heavy atom. The van der Waals surface area contributed by atoms with Crippen molar-refractivity contribution in [1.82, 2.24) is 15.1 Å². The van der Waals surface area contributed by atoms with Gasteiger partial charge in [0.1, 0.15) is 23.3 Å². The lowest BCUT2D eigenvalue weighted by Gasteiger charge is -2.07. The summed E-state index contributed by atoms with van der Waals surface area (Å²) < 4.78 is 28.6. The first-order valence-corrected chi connectivity index (χ1v) is 6.88. The smallest absolute Gasteiger partial charge is 0.320 e. The van der Waals surface area contributed by atoms with Crippen molar-refractivity contribution >= 4 is 11.8 Å². The van der Waals surface area contributed by atoms with E-state index in [1.165, 1.54) is 6.07 Å². The van der Waals surface area contributed by atoms with Gasteiger partial charge in [-0.05, 0) is 31.5 Å². The van der Waals surface area contributed by atoms with Crippen LogP contribution in [0.1, 0.15) is 31.0 Å². The molecule has 1 aromatic carbocycles. The predicted molar refractivity (Wildman–Crippen MR) is 79.5 cm³/mol. The van der Waals surface area contributed by atoms with Crippen molar-refractivity contribution < 1.29 is 13.6 Å². The standard InChI is InChI=1S/C15H15F2N5O/c1-9(2)22-4-3-14(21-22)20-15(23)19-8-10-5-12(16)11(7-18)13(17)6-10/h3-6,9H,8H2,1-2H3,(H2,19,20,21,23). The molecule has 0 unspecified atom stereocenters. The van der Waals surface area contributed by atoms with Gasteiger partial charge in [-0.2, -0.15) is 10.4 Å². The molecule has 0 saturated carbocycles. The molecule has 0 fully saturated rings. The van der Waals surface area contributed by atoms with Crippen molar-refractivity contribution in [3.05, 3.63) is 47.2 Å². The summed E-state index contributed by atoms with van der Waals surface area (Å²) >= 11 is 0. The van der Waals surface area contributed by atoms with E-state index in [-0.39, 0.29) is 18.2 Å². The number of amides is 2. The molecule has 0 aliphatic rings. The number of carbonyl (C=O) groups is 1. The van der Waals surface area contributed by atoms with Crippen LogP contribution >= 0.6 is 0 Å². The Bertz CT molecular complexity index is 740. The average molecular weight is 319 g/mol. The van der Waals surface area contributed by atoms with Crippen molar-refractivity contribution in [1.29, 1.82) is 5.26 Å². The number of nitrogens with zero attached hydrogens (tertiary/aromatic N) is 3. The molecular formula is C15H15F2N5O. The van der Waals surface area contributed by atoms with E-state index >= 15 is 0 Å². The Hall–Kier alpha value is -2.95. The third-order valence-corrected chi connectivity index (χ3v) is 3.05. The molecule has 0 spiro atoms. The number of nitriles is 1. The van der Waals surface area contributed by atoms with Gasteiger partial charge in [-0.3, -0.25) is 10.00 Å². The lowest BCUT2D eigenvalue weighted by Crippen LogP contribution is -2.28. The minimum atomic E-state index is -0.958. The Labute approximate surface area is 131 Å². The Morgan fingerprint density at radius 1 is 1.39 bits per heavy atom. The van der Waals surface area contributed by atoms with Gasteiger partial charge < -0.3 is 5.32 Å². The summed E-state index contributed by atoms with van der Waals surface area (Å²) in [5, 5.41) is 17.7. The molecule has 2 rings (SSSR count). The van der Waals surface area contributed by atoms with Crippen LogP contribution in [0.15, 0.2) is 24.4 Å². The highest BCUT2D eigenvalue weighted by Crippen LogP contribution is 2.14. The van der Waals surface area contributed by atoms with Crippen LogP contribution in [0.4, 0.5) is 19.4 Å². The Kier molecular flexibility index (Phi) is 4.91. The van der Waals surface area contributed by atoms with Gasteiger partial charge in [0.25, 0.3) is 0 Å². The Balaban J connectivity index is 1.95. The maximum absolute atomic E-state index is 13.5. The fourth-order valence-corrected chi connectivity index (χ4v) is 1.87. The van der Waals surface area contributed by atoms with Gasteiger partial charge in [-0.1, -0.05) is 0 Å². The molecule has 0 aliphatic carbocycles. The van der Waals surface area contributed by atoms with Gasteiger partial charge in [0.05, 0.1) is 0 Å². The molecule has 0 radical (unpaired) electrons. The zero-order chi connectivity index (χ0) is 17.0. The molecule has 23 heavy (non-hydrogen) atoms. The van der Waals surface area contributed by atoms with Crippen molar-refractivity contribution in [3.8, 4) is 6.07 Å². The van der Waals surface area contributed by atoms with Gasteiger partial charge in [-0.25, -0.2) is 13.6 Å². The summed E-state index contributed by atoms with van der Waals surface area (Å²) in [6.07, 6.45) is 1.73. The van der Waals surface area contributed by atoms with Crippen molar-refractivity contribution in [2.24, 2.45) is 0 Å². The quantitative estimate of drug-likeness (QED) is 0.909. The summed E-state index contributed by atoms with van der Waals surface area (Å²) in [7, 11) is 0. The molecule has 6 nitrogen and oxygen atoms in total. The number of aromatic nitrogens is 2. The fourth-order valence-electron chi connectivity index (χ4n) is 1.87. The minimum Gasteiger partial charge on any atom is -0.334 e. The topological polar surface area (TPSA) is 82.7 Å². The van der Waals surface area contributed by atoms with E-state index < -0.39 is 23.2 Å². The van der Waals surface area contributed by atoms with E-state index in [1.54, 1.807) is 16.9 Å². The van der Waals surface area contributed by atoms with E-state index in [9.17, 15) is 13.6 Å². The summed E-state index contributed by atoms with van der Waals surface area (Å²) in [6, 6.07) is 4.71. The van der Waals surface area contributed by atoms with Crippen LogP contribution < -0.4 is 10.6 Å². The molecule has 2 N–H and O–H groups in total. The number of anilines is 1. The number of carbonyl (C=O) groups excluding carboxylic acids is 1. The van der Waals surface area contributed by atoms with E-state index in [0.717, 1.165) is 12.1 Å². The number of rotatable bonds is 4. The third kappa shape index (κ3) is 4.03. The first-order chi connectivity index (χ1) is 10.9. The zero-order valence-corrected chi connectivity index (χ0v) is 12.6. The second-order valence-electron chi connectivity index (χ2n) is 5.13. The number of hydrogen-bond donors (Lipinski definition) is 2. The number of benzene rings is 1. The first kappa shape index (κ1) is 16.4. The van der Waals surface area contributed by atoms with E-state index in [4.69, 9.17) is 5.26 Å². The van der Waals surface area contributed by atoms with Gasteiger partial charge in [0.15, 0.2) is 5.82 Å². The van der Waals surface area contributed by atoms with Crippen LogP contribution in [-0.4, -0.2) is 15.8 Å². The zero-order valence-electron chi connectivity index (χ0n) is 12.6. The number of nitrogens with one attached hydrogen (secondary N) is 2. The van der Waals surface area contributed by atoms with Crippen LogP contribution in [0.3, 0.4) is 0 Å². The lowest BCUT2D eigenvalue weighted by molar-refractivity contribution is 0.251. The molecule has 0 bridgehead atoms. The fraction of sp³-hybridized carbons (Fsp3) is 0.267. The van der Waals surface area contributed by atoms with Crippen molar-refractivity contribution in [3.63, 3.8) is 0 Å². The highest BCUT2D eigenvalue weighted by Gasteiger charge is 2.11. The van der Waals surface area contributed by atoms with Crippen LogP contribution in [-0.2, 0) is 6.54 Å². The van der Waals surface area contributed by atoms with Crippen LogP contribution in [0, 0.1) is 23.0 Å². The summed E-state index contributed by atoms with van der Waals surface area (Å²) in [4.78, 5) is 11.7. The lowest BCUT2D eigenvalue weighted by atomic mass is 10.1. The highest BCUT2D eigenvalue weighted by molar-refractivity contribution is 5.88. The van der Waals surface area contributed by atoms with Crippen LogP contribution in [0.2, 0.25) is 0 Å². The van der Waals surface area contributed by atoms with E-state index in [2.05, 4.69) is 15.7 Å². The molecule has 120 valence electrons. The van der Waals surface area contributed by atoms with Gasteiger partial charge >= 0.3 is 6.03 Å². The van der Waals surface area contributed by atoms with E-state index in [0.29, 0.717) is 5.82 Å². The van der Waals surface area contributed by atoms with Gasteiger partial charge in [-0.15, -0.1) is 0 Å². The maximum atomic E-state index is 13.5. The summed E-state index contributed by atoms with van der Waals surface area (Å²) in [5.74, 6) is -1.55. The molecule has 2 amide bonds. The van der Waals surface area contributed by atoms with Crippen molar-refractivity contribution in [2.45, 2.75) is 26.4 Å². The van der Waals surface area contributed by atoms with Crippen LogP contribution in [0.5, 0.6) is 0 Å². The number of hydrogen-bond acceptors (Lipinski definition) is 3. The average Bonchev–Trinajstić information content (AvgIpc) is 2.93. The summed E-state index contributed by atoms with van der Waals surface area (Å²) in [5.41, 5.74) is -0.431. The molecule has 0 aliphatic heterocycles. The number of urea groups is 1.